The van der Waals surface area contributed by atoms with Crippen LogP contribution in [0, 0.1) is 27.7 Å². The van der Waals surface area contributed by atoms with Crippen LogP contribution in [0.3, 0.4) is 0 Å². The number of hydrogen-bond donors (Lipinski definition) is 3. The zero-order valence-corrected chi connectivity index (χ0v) is 18.5. The summed E-state index contributed by atoms with van der Waals surface area (Å²) in [5.41, 5.74) is 10.2. The SMILES string of the molecule is Cc1ccc(C(=O)NNC=O)cc1.Cc1ccc(C)c(NC=O)c1.Cc1cncn1C. The highest BCUT2D eigenvalue weighted by atomic mass is 16.2. The first kappa shape index (κ1) is 25.1. The van der Waals surface area contributed by atoms with Crippen LogP contribution in [0.1, 0.15) is 32.7 Å². The third-order valence-corrected chi connectivity index (χ3v) is 4.22. The summed E-state index contributed by atoms with van der Waals surface area (Å²) in [6.07, 6.45) is 4.73. The Morgan fingerprint density at radius 2 is 1.58 bits per heavy atom. The van der Waals surface area contributed by atoms with Crippen LogP contribution in [0.25, 0.3) is 0 Å². The van der Waals surface area contributed by atoms with Crippen molar-refractivity contribution < 1.29 is 14.4 Å². The van der Waals surface area contributed by atoms with Crippen molar-refractivity contribution in [1.82, 2.24) is 20.4 Å². The molecule has 0 spiro atoms. The van der Waals surface area contributed by atoms with Crippen LogP contribution in [-0.4, -0.2) is 28.3 Å². The van der Waals surface area contributed by atoms with Crippen LogP contribution in [0.5, 0.6) is 0 Å². The van der Waals surface area contributed by atoms with Gasteiger partial charge in [-0.05, 0) is 57.0 Å². The van der Waals surface area contributed by atoms with E-state index in [2.05, 4.69) is 21.2 Å². The molecule has 1 heterocycles. The lowest BCUT2D eigenvalue weighted by atomic mass is 10.1. The number of nitrogens with zero attached hydrogens (tertiary/aromatic N) is 2. The van der Waals surface area contributed by atoms with Crippen molar-refractivity contribution >= 4 is 24.4 Å². The minimum atomic E-state index is -0.327. The van der Waals surface area contributed by atoms with E-state index in [-0.39, 0.29) is 5.91 Å². The third kappa shape index (κ3) is 9.40. The lowest BCUT2D eigenvalue weighted by molar-refractivity contribution is -0.110. The molecule has 2 aromatic carbocycles. The molecule has 0 atom stereocenters. The minimum Gasteiger partial charge on any atom is -0.338 e. The number of amides is 3. The molecular formula is C23H29N5O3. The maximum absolute atomic E-state index is 11.2. The van der Waals surface area contributed by atoms with Crippen LogP contribution in [-0.2, 0) is 16.6 Å². The average molecular weight is 424 g/mol. The smallest absolute Gasteiger partial charge is 0.269 e. The van der Waals surface area contributed by atoms with E-state index in [0.29, 0.717) is 18.4 Å². The summed E-state index contributed by atoms with van der Waals surface area (Å²) in [4.78, 5) is 35.1. The van der Waals surface area contributed by atoms with Gasteiger partial charge in [0.25, 0.3) is 5.91 Å². The van der Waals surface area contributed by atoms with Crippen LogP contribution >= 0.6 is 0 Å². The molecule has 3 amide bonds. The average Bonchev–Trinajstić information content (AvgIpc) is 3.13. The summed E-state index contributed by atoms with van der Waals surface area (Å²) < 4.78 is 1.97. The van der Waals surface area contributed by atoms with Gasteiger partial charge >= 0.3 is 0 Å². The van der Waals surface area contributed by atoms with Crippen molar-refractivity contribution in [3.05, 3.63) is 82.9 Å². The molecule has 0 saturated heterocycles. The number of rotatable bonds is 5. The Balaban J connectivity index is 0.000000242. The zero-order chi connectivity index (χ0) is 23.2. The summed E-state index contributed by atoms with van der Waals surface area (Å²) in [5, 5.41) is 2.64. The minimum absolute atomic E-state index is 0.327. The summed E-state index contributed by atoms with van der Waals surface area (Å²) in [6, 6.07) is 13.0. The fourth-order valence-corrected chi connectivity index (χ4v) is 2.25. The van der Waals surface area contributed by atoms with E-state index in [1.54, 1.807) is 18.5 Å². The fraction of sp³-hybridized carbons (Fsp3) is 0.217. The van der Waals surface area contributed by atoms with E-state index in [1.807, 2.05) is 75.8 Å². The molecule has 164 valence electrons. The van der Waals surface area contributed by atoms with Crippen LogP contribution < -0.4 is 16.2 Å². The van der Waals surface area contributed by atoms with E-state index >= 15 is 0 Å². The second-order valence-electron chi connectivity index (χ2n) is 6.81. The number of imidazole rings is 1. The number of benzene rings is 2. The summed E-state index contributed by atoms with van der Waals surface area (Å²) in [6.45, 7) is 7.92. The Morgan fingerprint density at radius 1 is 0.935 bits per heavy atom. The predicted molar refractivity (Wildman–Crippen MR) is 121 cm³/mol. The lowest BCUT2D eigenvalue weighted by Crippen LogP contribution is -2.36. The summed E-state index contributed by atoms with van der Waals surface area (Å²) in [5.74, 6) is -0.327. The van der Waals surface area contributed by atoms with E-state index in [4.69, 9.17) is 0 Å². The lowest BCUT2D eigenvalue weighted by Gasteiger charge is -2.03. The molecule has 3 rings (SSSR count). The molecule has 3 aromatic rings. The summed E-state index contributed by atoms with van der Waals surface area (Å²) in [7, 11) is 1.97. The molecule has 8 nitrogen and oxygen atoms in total. The molecule has 3 N–H and O–H groups in total. The van der Waals surface area contributed by atoms with Gasteiger partial charge < -0.3 is 9.88 Å². The quantitative estimate of drug-likeness (QED) is 0.433. The van der Waals surface area contributed by atoms with Gasteiger partial charge in [-0.15, -0.1) is 0 Å². The first-order chi connectivity index (χ1) is 14.8. The highest BCUT2D eigenvalue weighted by Crippen LogP contribution is 2.14. The summed E-state index contributed by atoms with van der Waals surface area (Å²) >= 11 is 0. The maximum Gasteiger partial charge on any atom is 0.269 e. The van der Waals surface area contributed by atoms with E-state index in [1.165, 1.54) is 5.69 Å². The van der Waals surface area contributed by atoms with Crippen molar-refractivity contribution in [2.75, 3.05) is 5.32 Å². The van der Waals surface area contributed by atoms with Crippen LogP contribution in [0.15, 0.2) is 55.0 Å². The Labute approximate surface area is 182 Å². The Kier molecular flexibility index (Phi) is 10.8. The van der Waals surface area contributed by atoms with Crippen LogP contribution in [0.4, 0.5) is 5.69 Å². The number of hydrazine groups is 1. The number of carbonyl (C=O) groups excluding carboxylic acids is 3. The van der Waals surface area contributed by atoms with E-state index in [9.17, 15) is 14.4 Å². The van der Waals surface area contributed by atoms with Gasteiger partial charge in [-0.1, -0.05) is 29.8 Å². The van der Waals surface area contributed by atoms with Gasteiger partial charge in [0.05, 0.1) is 6.33 Å². The molecule has 0 bridgehead atoms. The zero-order valence-electron chi connectivity index (χ0n) is 18.5. The Hall–Kier alpha value is -3.94. The topological polar surface area (TPSA) is 105 Å². The van der Waals surface area contributed by atoms with Gasteiger partial charge in [0.15, 0.2) is 0 Å². The first-order valence-corrected chi connectivity index (χ1v) is 9.55. The normalized spacial score (nSPS) is 9.19. The molecular weight excluding hydrogens is 394 g/mol. The molecule has 0 radical (unpaired) electrons. The monoisotopic (exact) mass is 423 g/mol. The molecule has 31 heavy (non-hydrogen) atoms. The molecule has 8 heteroatoms. The number of hydrogen-bond acceptors (Lipinski definition) is 4. The second-order valence-corrected chi connectivity index (χ2v) is 6.81. The van der Waals surface area contributed by atoms with Gasteiger partial charge in [-0.25, -0.2) is 4.98 Å². The molecule has 0 aliphatic rings. The molecule has 0 fully saturated rings. The fourth-order valence-electron chi connectivity index (χ4n) is 2.25. The molecule has 1 aromatic heterocycles. The van der Waals surface area contributed by atoms with Gasteiger partial charge in [-0.3, -0.25) is 25.2 Å². The molecule has 0 saturated carbocycles. The Morgan fingerprint density at radius 3 is 2.06 bits per heavy atom. The van der Waals surface area contributed by atoms with Gasteiger partial charge in [0.1, 0.15) is 0 Å². The number of aryl methyl sites for hydroxylation is 5. The number of anilines is 1. The highest BCUT2D eigenvalue weighted by molar-refractivity contribution is 5.94. The van der Waals surface area contributed by atoms with Crippen LogP contribution in [0.2, 0.25) is 0 Å². The highest BCUT2D eigenvalue weighted by Gasteiger charge is 2.02. The van der Waals surface area contributed by atoms with Crippen molar-refractivity contribution in [3.8, 4) is 0 Å². The maximum atomic E-state index is 11.2. The number of carbonyl (C=O) groups is 3. The van der Waals surface area contributed by atoms with E-state index < -0.39 is 0 Å². The van der Waals surface area contributed by atoms with Gasteiger partial charge in [-0.2, -0.15) is 0 Å². The first-order valence-electron chi connectivity index (χ1n) is 9.55. The van der Waals surface area contributed by atoms with Crippen molar-refractivity contribution in [1.29, 1.82) is 0 Å². The molecule has 0 aliphatic heterocycles. The Bertz CT molecular complexity index is 965. The van der Waals surface area contributed by atoms with Gasteiger partial charge in [0, 0.05) is 30.2 Å². The van der Waals surface area contributed by atoms with E-state index in [0.717, 1.165) is 22.4 Å². The standard InChI is InChI=1S/C9H10N2O2.C9H11NO.C5H8N2/c1-7-2-4-8(5-3-7)9(13)11-10-6-12;1-7-3-4-8(2)9(5-7)10-6-11;1-5-3-6-4-7(5)2/h2-6H,1H3,(H,10,12)(H,11,13);3-6H,1-2H3,(H,10,11);3-4H,1-2H3. The van der Waals surface area contributed by atoms with Gasteiger partial charge in [0.2, 0.25) is 12.8 Å². The largest absolute Gasteiger partial charge is 0.338 e. The second kappa shape index (κ2) is 13.3. The predicted octanol–water partition coefficient (Wildman–Crippen LogP) is 2.99. The molecule has 0 unspecified atom stereocenters. The van der Waals surface area contributed by atoms with Crippen molar-refractivity contribution in [2.24, 2.45) is 7.05 Å². The van der Waals surface area contributed by atoms with Crippen molar-refractivity contribution in [3.63, 3.8) is 0 Å². The molecule has 0 aliphatic carbocycles. The number of aromatic nitrogens is 2. The number of nitrogens with one attached hydrogen (secondary N) is 3. The third-order valence-electron chi connectivity index (χ3n) is 4.22. The van der Waals surface area contributed by atoms with Crippen molar-refractivity contribution in [2.45, 2.75) is 27.7 Å².